The first kappa shape index (κ1) is 10.8. The quantitative estimate of drug-likeness (QED) is 0.410. The second-order valence-corrected chi connectivity index (χ2v) is 7.08. The summed E-state index contributed by atoms with van der Waals surface area (Å²) in [4.78, 5) is 13.1. The summed E-state index contributed by atoms with van der Waals surface area (Å²) in [6, 6.07) is 0. The third-order valence-electron chi connectivity index (χ3n) is 1.05. The molecule has 11 heavy (non-hydrogen) atoms. The Bertz CT molecular complexity index is 161. The fraction of sp³-hybridized carbons (Fsp3) is 0.625. The molecule has 0 aliphatic heterocycles. The summed E-state index contributed by atoms with van der Waals surface area (Å²) < 4.78 is 4.82. The minimum atomic E-state index is -0.831. The van der Waals surface area contributed by atoms with E-state index in [4.69, 9.17) is 4.74 Å². The second kappa shape index (κ2) is 5.42. The molecular formula is C8H15AsO2. The van der Waals surface area contributed by atoms with E-state index >= 15 is 0 Å². The molecule has 0 unspecified atom stereocenters. The molecule has 0 atom stereocenters. The number of hydrogen-bond acceptors (Lipinski definition) is 2. The van der Waals surface area contributed by atoms with Crippen molar-refractivity contribution in [1.29, 1.82) is 0 Å². The molecule has 0 spiro atoms. The predicted molar refractivity (Wildman–Crippen MR) is 47.9 cm³/mol. The molecule has 0 radical (unpaired) electrons. The zero-order valence-corrected chi connectivity index (χ0v) is 9.42. The molecule has 0 aromatic heterocycles. The Morgan fingerprint density at radius 1 is 1.55 bits per heavy atom. The number of carbonyl (C=O) groups excluding carboxylic acids is 1. The van der Waals surface area contributed by atoms with E-state index in [1.165, 1.54) is 0 Å². The minimum absolute atomic E-state index is 0.171. The van der Waals surface area contributed by atoms with Gasteiger partial charge in [0.15, 0.2) is 0 Å². The number of ether oxygens (including phenoxy) is 1. The van der Waals surface area contributed by atoms with Crippen LogP contribution in [0.3, 0.4) is 0 Å². The standard InChI is InChI=1S/C8H15AsO2/c1-5-11-8(10)7(2)6-9(3)4/h6H,5H2,1-4H3. The monoisotopic (exact) mass is 218 g/mol. The zero-order valence-electron chi connectivity index (χ0n) is 7.55. The maximum absolute atomic E-state index is 11.0. The first-order chi connectivity index (χ1) is 5.07. The van der Waals surface area contributed by atoms with Gasteiger partial charge in [0.05, 0.1) is 0 Å². The first-order valence-corrected chi connectivity index (χ1v) is 8.43. The van der Waals surface area contributed by atoms with Gasteiger partial charge in [0, 0.05) is 0 Å². The van der Waals surface area contributed by atoms with Gasteiger partial charge in [-0.3, -0.25) is 0 Å². The van der Waals surface area contributed by atoms with Gasteiger partial charge >= 0.3 is 72.5 Å². The summed E-state index contributed by atoms with van der Waals surface area (Å²) in [6.45, 7) is 4.09. The Labute approximate surface area is 72.9 Å². The molecule has 0 saturated heterocycles. The van der Waals surface area contributed by atoms with E-state index in [2.05, 4.69) is 11.4 Å². The number of hydrogen-bond donors (Lipinski definition) is 0. The van der Waals surface area contributed by atoms with Crippen molar-refractivity contribution in [3.63, 3.8) is 0 Å². The molecule has 0 aliphatic carbocycles. The van der Waals surface area contributed by atoms with Crippen LogP contribution in [0.15, 0.2) is 10.4 Å². The zero-order chi connectivity index (χ0) is 8.85. The van der Waals surface area contributed by atoms with Crippen molar-refractivity contribution in [2.45, 2.75) is 25.3 Å². The molecule has 3 heteroatoms. The van der Waals surface area contributed by atoms with Crippen LogP contribution < -0.4 is 0 Å². The molecule has 0 aromatic rings. The predicted octanol–water partition coefficient (Wildman–Crippen LogP) is 1.79. The molecule has 0 heterocycles. The molecule has 0 fully saturated rings. The average Bonchev–Trinajstić information content (AvgIpc) is 1.86. The third-order valence-corrected chi connectivity index (χ3v) is 2.95. The van der Waals surface area contributed by atoms with Crippen molar-refractivity contribution in [2.75, 3.05) is 6.61 Å². The molecule has 0 bridgehead atoms. The van der Waals surface area contributed by atoms with Gasteiger partial charge in [0.2, 0.25) is 0 Å². The Balaban J connectivity index is 4.01. The van der Waals surface area contributed by atoms with Crippen molar-refractivity contribution in [1.82, 2.24) is 0 Å². The van der Waals surface area contributed by atoms with Crippen LogP contribution in [0, 0.1) is 0 Å². The summed E-state index contributed by atoms with van der Waals surface area (Å²) in [6.07, 6.45) is 0. The normalized spacial score (nSPS) is 11.9. The van der Waals surface area contributed by atoms with Crippen LogP contribution in [0.4, 0.5) is 0 Å². The summed E-state index contributed by atoms with van der Waals surface area (Å²) in [5, 5.41) is 0. The fourth-order valence-corrected chi connectivity index (χ4v) is 2.53. The summed E-state index contributed by atoms with van der Waals surface area (Å²) in [7, 11) is 0. The van der Waals surface area contributed by atoms with Gasteiger partial charge in [0.25, 0.3) is 0 Å². The van der Waals surface area contributed by atoms with Crippen molar-refractivity contribution in [3.8, 4) is 0 Å². The Morgan fingerprint density at radius 2 is 2.09 bits per heavy atom. The topological polar surface area (TPSA) is 26.3 Å². The van der Waals surface area contributed by atoms with Crippen molar-refractivity contribution in [2.24, 2.45) is 0 Å². The molecule has 0 N–H and O–H groups in total. The molecule has 64 valence electrons. The molecule has 2 nitrogen and oxygen atoms in total. The molecule has 0 rings (SSSR count). The second-order valence-electron chi connectivity index (χ2n) is 2.50. The van der Waals surface area contributed by atoms with Crippen LogP contribution in [0.1, 0.15) is 13.8 Å². The van der Waals surface area contributed by atoms with Crippen LogP contribution in [-0.2, 0) is 9.53 Å². The first-order valence-electron chi connectivity index (χ1n) is 3.60. The average molecular weight is 218 g/mol. The van der Waals surface area contributed by atoms with Crippen molar-refractivity contribution in [3.05, 3.63) is 10.4 Å². The summed E-state index contributed by atoms with van der Waals surface area (Å²) in [5.41, 5.74) is 5.11. The molecule has 0 saturated carbocycles. The van der Waals surface area contributed by atoms with E-state index in [0.29, 0.717) is 6.61 Å². The molecule has 0 amide bonds. The fourth-order valence-electron chi connectivity index (χ4n) is 0.685. The van der Waals surface area contributed by atoms with E-state index in [9.17, 15) is 4.79 Å². The van der Waals surface area contributed by atoms with E-state index in [0.717, 1.165) is 5.57 Å². The Kier molecular flexibility index (Phi) is 5.31. The molecule has 0 aromatic carbocycles. The number of rotatable bonds is 3. The Morgan fingerprint density at radius 3 is 2.45 bits per heavy atom. The summed E-state index contributed by atoms with van der Waals surface area (Å²) >= 11 is -0.831. The van der Waals surface area contributed by atoms with Crippen LogP contribution in [-0.4, -0.2) is 27.2 Å². The van der Waals surface area contributed by atoms with Gasteiger partial charge in [-0.1, -0.05) is 0 Å². The number of carbonyl (C=O) groups is 1. The van der Waals surface area contributed by atoms with Gasteiger partial charge in [-0.25, -0.2) is 0 Å². The molecule has 0 aliphatic rings. The maximum atomic E-state index is 11.0. The van der Waals surface area contributed by atoms with Crippen LogP contribution in [0.2, 0.25) is 11.4 Å². The number of esters is 1. The van der Waals surface area contributed by atoms with E-state index in [-0.39, 0.29) is 5.97 Å². The van der Waals surface area contributed by atoms with E-state index in [1.807, 2.05) is 18.7 Å². The van der Waals surface area contributed by atoms with E-state index in [1.54, 1.807) is 0 Å². The van der Waals surface area contributed by atoms with Crippen LogP contribution in [0.5, 0.6) is 0 Å². The van der Waals surface area contributed by atoms with Crippen molar-refractivity contribution >= 4 is 20.6 Å². The Hall–Kier alpha value is -0.232. The van der Waals surface area contributed by atoms with Gasteiger partial charge in [-0.2, -0.15) is 0 Å². The third kappa shape index (κ3) is 5.08. The summed E-state index contributed by atoms with van der Waals surface area (Å²) in [5.74, 6) is -0.171. The van der Waals surface area contributed by atoms with Crippen LogP contribution >= 0.6 is 0 Å². The van der Waals surface area contributed by atoms with Gasteiger partial charge in [0.1, 0.15) is 0 Å². The van der Waals surface area contributed by atoms with E-state index < -0.39 is 14.7 Å². The van der Waals surface area contributed by atoms with Crippen molar-refractivity contribution < 1.29 is 9.53 Å². The molecular weight excluding hydrogens is 203 g/mol. The van der Waals surface area contributed by atoms with Crippen LogP contribution in [0.25, 0.3) is 0 Å². The SMILES string of the molecule is CCOC(=O)C(C)=C[As](C)C. The van der Waals surface area contributed by atoms with Gasteiger partial charge in [-0.05, 0) is 0 Å². The van der Waals surface area contributed by atoms with Gasteiger partial charge in [-0.15, -0.1) is 0 Å². The van der Waals surface area contributed by atoms with Gasteiger partial charge < -0.3 is 0 Å².